The Morgan fingerprint density at radius 3 is 2.95 bits per heavy atom. The van der Waals surface area contributed by atoms with Gasteiger partial charge in [-0.2, -0.15) is 0 Å². The highest BCUT2D eigenvalue weighted by atomic mass is 16.6. The normalized spacial score (nSPS) is 10.1. The summed E-state index contributed by atoms with van der Waals surface area (Å²) in [5.41, 5.74) is 0.748. The summed E-state index contributed by atoms with van der Waals surface area (Å²) in [5.74, 6) is -0.265. The summed E-state index contributed by atoms with van der Waals surface area (Å²) in [6.07, 6.45) is 3.86. The number of imidazole rings is 1. The molecule has 8 heteroatoms. The van der Waals surface area contributed by atoms with E-state index in [9.17, 15) is 14.9 Å². The Balaban J connectivity index is 1.77. The first-order valence-corrected chi connectivity index (χ1v) is 6.27. The van der Waals surface area contributed by atoms with Gasteiger partial charge in [0.25, 0.3) is 5.91 Å². The molecule has 2 N–H and O–H groups in total. The number of carbonyl (C=O) groups excluding carboxylic acids is 1. The monoisotopic (exact) mass is 290 g/mol. The number of rotatable bonds is 7. The number of aromatic amines is 1. The van der Waals surface area contributed by atoms with Gasteiger partial charge in [-0.25, -0.2) is 4.98 Å². The molecule has 2 aromatic rings. The van der Waals surface area contributed by atoms with E-state index < -0.39 is 4.92 Å². The lowest BCUT2D eigenvalue weighted by atomic mass is 10.3. The Hall–Kier alpha value is -2.90. The van der Waals surface area contributed by atoms with Gasteiger partial charge in [0.1, 0.15) is 0 Å². The van der Waals surface area contributed by atoms with Crippen molar-refractivity contribution in [1.82, 2.24) is 15.3 Å². The van der Waals surface area contributed by atoms with E-state index in [1.54, 1.807) is 18.6 Å². The highest BCUT2D eigenvalue weighted by Gasteiger charge is 2.14. The minimum Gasteiger partial charge on any atom is -0.477 e. The fourth-order valence-corrected chi connectivity index (χ4v) is 1.68. The van der Waals surface area contributed by atoms with Crippen molar-refractivity contribution in [2.45, 2.75) is 6.42 Å². The van der Waals surface area contributed by atoms with Crippen LogP contribution < -0.4 is 10.1 Å². The molecule has 0 spiro atoms. The topological polar surface area (TPSA) is 110 Å². The standard InChI is InChI=1S/C13H14N4O4/c18-13(15-6-5-10-7-14-9-16-10)8-21-12-4-2-1-3-11(12)17(19)20/h1-4,7,9H,5-6,8H2,(H,14,16)(H,15,18). The highest BCUT2D eigenvalue weighted by molar-refractivity contribution is 5.77. The van der Waals surface area contributed by atoms with Crippen LogP contribution in [0.2, 0.25) is 0 Å². The number of ether oxygens (including phenoxy) is 1. The predicted molar refractivity (Wildman–Crippen MR) is 73.9 cm³/mol. The number of nitrogens with zero attached hydrogens (tertiary/aromatic N) is 2. The Kier molecular flexibility index (Phi) is 4.86. The number of nitrogens with one attached hydrogen (secondary N) is 2. The summed E-state index contributed by atoms with van der Waals surface area (Å²) in [5, 5.41) is 13.4. The molecule has 0 fully saturated rings. The van der Waals surface area contributed by atoms with Gasteiger partial charge in [0.15, 0.2) is 12.4 Å². The molecule has 21 heavy (non-hydrogen) atoms. The number of carbonyl (C=O) groups is 1. The van der Waals surface area contributed by atoms with Crippen molar-refractivity contribution in [3.05, 3.63) is 52.6 Å². The first kappa shape index (κ1) is 14.5. The van der Waals surface area contributed by atoms with E-state index in [0.29, 0.717) is 13.0 Å². The van der Waals surface area contributed by atoms with Gasteiger partial charge in [-0.05, 0) is 6.07 Å². The Labute approximate surface area is 120 Å². The lowest BCUT2D eigenvalue weighted by molar-refractivity contribution is -0.385. The zero-order valence-corrected chi connectivity index (χ0v) is 11.1. The van der Waals surface area contributed by atoms with Crippen LogP contribution in [0.1, 0.15) is 5.69 Å². The van der Waals surface area contributed by atoms with Gasteiger partial charge in [0.2, 0.25) is 0 Å². The van der Waals surface area contributed by atoms with Crippen molar-refractivity contribution >= 4 is 11.6 Å². The lowest BCUT2D eigenvalue weighted by Crippen LogP contribution is -2.30. The number of para-hydroxylation sites is 2. The van der Waals surface area contributed by atoms with Gasteiger partial charge in [-0.1, -0.05) is 12.1 Å². The van der Waals surface area contributed by atoms with E-state index >= 15 is 0 Å². The van der Waals surface area contributed by atoms with E-state index in [2.05, 4.69) is 15.3 Å². The number of amides is 1. The van der Waals surface area contributed by atoms with Crippen molar-refractivity contribution in [3.8, 4) is 5.75 Å². The van der Waals surface area contributed by atoms with Crippen molar-refractivity contribution < 1.29 is 14.5 Å². The Morgan fingerprint density at radius 1 is 1.43 bits per heavy atom. The van der Waals surface area contributed by atoms with Crippen LogP contribution in [0.25, 0.3) is 0 Å². The maximum atomic E-state index is 11.6. The molecule has 1 aromatic heterocycles. The van der Waals surface area contributed by atoms with E-state index in [4.69, 9.17) is 4.74 Å². The molecule has 0 unspecified atom stereocenters. The van der Waals surface area contributed by atoms with Crippen LogP contribution in [-0.2, 0) is 11.2 Å². The molecule has 110 valence electrons. The zero-order valence-electron chi connectivity index (χ0n) is 11.1. The van der Waals surface area contributed by atoms with Gasteiger partial charge in [-0.3, -0.25) is 14.9 Å². The molecular weight excluding hydrogens is 276 g/mol. The summed E-state index contributed by atoms with van der Waals surface area (Å²) in [6.45, 7) is 0.162. The van der Waals surface area contributed by atoms with Gasteiger partial charge in [-0.15, -0.1) is 0 Å². The van der Waals surface area contributed by atoms with Crippen molar-refractivity contribution in [3.63, 3.8) is 0 Å². The predicted octanol–water partition coefficient (Wildman–Crippen LogP) is 1.06. The Morgan fingerprint density at radius 2 is 2.24 bits per heavy atom. The van der Waals surface area contributed by atoms with Gasteiger partial charge < -0.3 is 15.0 Å². The average molecular weight is 290 g/mol. The smallest absolute Gasteiger partial charge is 0.310 e. The highest BCUT2D eigenvalue weighted by Crippen LogP contribution is 2.25. The van der Waals surface area contributed by atoms with Crippen LogP contribution in [-0.4, -0.2) is 34.0 Å². The van der Waals surface area contributed by atoms with Crippen LogP contribution in [0.15, 0.2) is 36.8 Å². The summed E-state index contributed by atoms with van der Waals surface area (Å²) in [7, 11) is 0. The molecule has 2 rings (SSSR count). The summed E-state index contributed by atoms with van der Waals surface area (Å²) < 4.78 is 5.17. The van der Waals surface area contributed by atoms with Crippen LogP contribution in [0.3, 0.4) is 0 Å². The molecule has 0 saturated heterocycles. The second-order valence-electron chi connectivity index (χ2n) is 4.19. The SMILES string of the molecule is O=C(COc1ccccc1[N+](=O)[O-])NCCc1cnc[nH]1. The van der Waals surface area contributed by atoms with Crippen molar-refractivity contribution in [2.24, 2.45) is 0 Å². The molecule has 0 aliphatic rings. The average Bonchev–Trinajstić information content (AvgIpc) is 2.98. The van der Waals surface area contributed by atoms with Gasteiger partial charge >= 0.3 is 5.69 Å². The minimum absolute atomic E-state index is 0.0752. The maximum absolute atomic E-state index is 11.6. The second-order valence-corrected chi connectivity index (χ2v) is 4.19. The number of hydrogen-bond acceptors (Lipinski definition) is 5. The Bertz CT molecular complexity index is 612. The summed E-state index contributed by atoms with van der Waals surface area (Å²) in [4.78, 5) is 28.6. The second kappa shape index (κ2) is 7.04. The molecule has 1 amide bonds. The molecule has 0 bridgehead atoms. The fourth-order valence-electron chi connectivity index (χ4n) is 1.68. The fraction of sp³-hybridized carbons (Fsp3) is 0.231. The van der Waals surface area contributed by atoms with Crippen LogP contribution >= 0.6 is 0 Å². The number of benzene rings is 1. The molecule has 1 heterocycles. The van der Waals surface area contributed by atoms with Gasteiger partial charge in [0.05, 0.1) is 11.3 Å². The molecule has 1 aromatic carbocycles. The summed E-state index contributed by atoms with van der Waals surface area (Å²) >= 11 is 0. The number of H-pyrrole nitrogens is 1. The van der Waals surface area contributed by atoms with Crippen LogP contribution in [0.4, 0.5) is 5.69 Å². The first-order chi connectivity index (χ1) is 10.2. The van der Waals surface area contributed by atoms with Crippen molar-refractivity contribution in [2.75, 3.05) is 13.2 Å². The largest absolute Gasteiger partial charge is 0.477 e. The molecule has 0 saturated carbocycles. The third kappa shape index (κ3) is 4.30. The van der Waals surface area contributed by atoms with E-state index in [1.165, 1.54) is 18.2 Å². The quantitative estimate of drug-likeness (QED) is 0.585. The van der Waals surface area contributed by atoms with Gasteiger partial charge in [0, 0.05) is 30.9 Å². The third-order valence-corrected chi connectivity index (χ3v) is 2.69. The molecular formula is C13H14N4O4. The summed E-state index contributed by atoms with van der Waals surface area (Å²) in [6, 6.07) is 5.93. The number of aromatic nitrogens is 2. The van der Waals surface area contributed by atoms with E-state index in [-0.39, 0.29) is 24.0 Å². The maximum Gasteiger partial charge on any atom is 0.310 e. The molecule has 8 nitrogen and oxygen atoms in total. The van der Waals surface area contributed by atoms with E-state index in [1.807, 2.05) is 0 Å². The molecule has 0 aliphatic heterocycles. The zero-order chi connectivity index (χ0) is 15.1. The number of hydrogen-bond donors (Lipinski definition) is 2. The minimum atomic E-state index is -0.550. The van der Waals surface area contributed by atoms with E-state index in [0.717, 1.165) is 5.69 Å². The molecule has 0 atom stereocenters. The number of nitro benzene ring substituents is 1. The lowest BCUT2D eigenvalue weighted by Gasteiger charge is -2.07. The third-order valence-electron chi connectivity index (χ3n) is 2.69. The first-order valence-electron chi connectivity index (χ1n) is 6.27. The molecule has 0 radical (unpaired) electrons. The van der Waals surface area contributed by atoms with Crippen molar-refractivity contribution in [1.29, 1.82) is 0 Å². The molecule has 0 aliphatic carbocycles. The van der Waals surface area contributed by atoms with Crippen LogP contribution in [0.5, 0.6) is 5.75 Å². The number of nitro groups is 1. The van der Waals surface area contributed by atoms with Crippen LogP contribution in [0, 0.1) is 10.1 Å².